The molecule has 0 spiro atoms. The van der Waals surface area contributed by atoms with E-state index in [9.17, 15) is 9.18 Å². The van der Waals surface area contributed by atoms with Gasteiger partial charge in [0.05, 0.1) is 5.69 Å². The SMILES string of the molecule is Nc1c(-c2ccc(F)cc2)[nH]c2ccccc2c1=O. The van der Waals surface area contributed by atoms with Crippen LogP contribution in [0, 0.1) is 5.82 Å². The van der Waals surface area contributed by atoms with Gasteiger partial charge in [-0.15, -0.1) is 0 Å². The van der Waals surface area contributed by atoms with E-state index in [1.165, 1.54) is 12.1 Å². The van der Waals surface area contributed by atoms with E-state index < -0.39 is 0 Å². The van der Waals surface area contributed by atoms with Crippen LogP contribution in [0.3, 0.4) is 0 Å². The van der Waals surface area contributed by atoms with Crippen molar-refractivity contribution in [1.29, 1.82) is 0 Å². The second-order valence-electron chi connectivity index (χ2n) is 4.30. The van der Waals surface area contributed by atoms with E-state index in [-0.39, 0.29) is 16.9 Å². The first-order chi connectivity index (χ1) is 9.16. The molecule has 0 aliphatic carbocycles. The summed E-state index contributed by atoms with van der Waals surface area (Å²) in [7, 11) is 0. The highest BCUT2D eigenvalue weighted by atomic mass is 19.1. The Morgan fingerprint density at radius 3 is 2.42 bits per heavy atom. The third-order valence-electron chi connectivity index (χ3n) is 3.08. The Hall–Kier alpha value is -2.62. The lowest BCUT2D eigenvalue weighted by Crippen LogP contribution is -2.11. The van der Waals surface area contributed by atoms with Gasteiger partial charge in [-0.2, -0.15) is 0 Å². The molecule has 3 N–H and O–H groups in total. The van der Waals surface area contributed by atoms with Crippen LogP contribution in [0.2, 0.25) is 0 Å². The normalized spacial score (nSPS) is 10.8. The number of nitrogen functional groups attached to an aromatic ring is 1. The van der Waals surface area contributed by atoms with Crippen molar-refractivity contribution in [2.45, 2.75) is 0 Å². The van der Waals surface area contributed by atoms with Crippen LogP contribution in [-0.2, 0) is 0 Å². The molecule has 3 nitrogen and oxygen atoms in total. The molecule has 19 heavy (non-hydrogen) atoms. The number of aromatic nitrogens is 1. The van der Waals surface area contributed by atoms with E-state index in [1.54, 1.807) is 24.3 Å². The second-order valence-corrected chi connectivity index (χ2v) is 4.30. The number of nitrogens with two attached hydrogens (primary N) is 1. The monoisotopic (exact) mass is 254 g/mol. The predicted octanol–water partition coefficient (Wildman–Crippen LogP) is 2.92. The zero-order valence-electron chi connectivity index (χ0n) is 9.98. The smallest absolute Gasteiger partial charge is 0.212 e. The number of halogens is 1. The number of hydrogen-bond acceptors (Lipinski definition) is 2. The van der Waals surface area contributed by atoms with Crippen molar-refractivity contribution in [2.75, 3.05) is 5.73 Å². The highest BCUT2D eigenvalue weighted by molar-refractivity contribution is 5.87. The number of aromatic amines is 1. The maximum Gasteiger partial charge on any atom is 0.212 e. The van der Waals surface area contributed by atoms with E-state index in [2.05, 4.69) is 4.98 Å². The molecular formula is C15H11FN2O. The van der Waals surface area contributed by atoms with Gasteiger partial charge in [0.25, 0.3) is 0 Å². The quantitative estimate of drug-likeness (QED) is 0.701. The molecule has 0 unspecified atom stereocenters. The third kappa shape index (κ3) is 1.87. The summed E-state index contributed by atoms with van der Waals surface area (Å²) in [6.45, 7) is 0. The van der Waals surface area contributed by atoms with Crippen LogP contribution in [-0.4, -0.2) is 4.98 Å². The standard InChI is InChI=1S/C15H11FN2O/c16-10-7-5-9(6-8-10)14-13(17)15(19)11-3-1-2-4-12(11)18-14/h1-8H,17H2,(H,18,19). The number of hydrogen-bond donors (Lipinski definition) is 2. The van der Waals surface area contributed by atoms with Crippen LogP contribution < -0.4 is 11.2 Å². The van der Waals surface area contributed by atoms with E-state index in [1.807, 2.05) is 12.1 Å². The lowest BCUT2D eigenvalue weighted by molar-refractivity contribution is 0.628. The molecule has 0 saturated carbocycles. The van der Waals surface area contributed by atoms with Gasteiger partial charge < -0.3 is 10.7 Å². The van der Waals surface area contributed by atoms with Gasteiger partial charge in [0.2, 0.25) is 5.43 Å². The predicted molar refractivity (Wildman–Crippen MR) is 74.4 cm³/mol. The summed E-state index contributed by atoms with van der Waals surface area (Å²) < 4.78 is 12.9. The lowest BCUT2D eigenvalue weighted by Gasteiger charge is -2.08. The minimum Gasteiger partial charge on any atom is -0.394 e. The number of pyridine rings is 1. The molecule has 0 fully saturated rings. The van der Waals surface area contributed by atoms with Gasteiger partial charge in [-0.25, -0.2) is 4.39 Å². The van der Waals surface area contributed by atoms with E-state index in [4.69, 9.17) is 5.73 Å². The van der Waals surface area contributed by atoms with E-state index in [0.29, 0.717) is 22.2 Å². The topological polar surface area (TPSA) is 58.9 Å². The van der Waals surface area contributed by atoms with Gasteiger partial charge in [0.15, 0.2) is 0 Å². The summed E-state index contributed by atoms with van der Waals surface area (Å²) in [5, 5.41) is 0.547. The highest BCUT2D eigenvalue weighted by Gasteiger charge is 2.10. The number of para-hydroxylation sites is 1. The summed E-state index contributed by atoms with van der Waals surface area (Å²) in [4.78, 5) is 15.3. The molecular weight excluding hydrogens is 243 g/mol. The van der Waals surface area contributed by atoms with Crippen LogP contribution in [0.15, 0.2) is 53.3 Å². The number of nitrogens with one attached hydrogen (secondary N) is 1. The molecule has 3 aromatic rings. The third-order valence-corrected chi connectivity index (χ3v) is 3.08. The number of fused-ring (bicyclic) bond motifs is 1. The Balaban J connectivity index is 2.33. The molecule has 94 valence electrons. The molecule has 0 saturated heterocycles. The fourth-order valence-corrected chi connectivity index (χ4v) is 2.09. The maximum absolute atomic E-state index is 12.9. The maximum atomic E-state index is 12.9. The van der Waals surface area contributed by atoms with Gasteiger partial charge in [-0.1, -0.05) is 12.1 Å². The summed E-state index contributed by atoms with van der Waals surface area (Å²) in [6, 6.07) is 13.0. The number of benzene rings is 2. The minimum atomic E-state index is -0.328. The Bertz CT molecular complexity index is 806. The van der Waals surface area contributed by atoms with Crippen molar-refractivity contribution in [1.82, 2.24) is 4.98 Å². The highest BCUT2D eigenvalue weighted by Crippen LogP contribution is 2.23. The molecule has 1 heterocycles. The number of H-pyrrole nitrogens is 1. The summed E-state index contributed by atoms with van der Waals surface area (Å²) in [5.74, 6) is -0.328. The molecule has 0 radical (unpaired) electrons. The minimum absolute atomic E-state index is 0.144. The fraction of sp³-hybridized carbons (Fsp3) is 0. The molecule has 4 heteroatoms. The molecule has 0 atom stereocenters. The van der Waals surface area contributed by atoms with Crippen molar-refractivity contribution in [2.24, 2.45) is 0 Å². The Kier molecular flexibility index (Phi) is 2.56. The molecule has 0 bridgehead atoms. The average Bonchev–Trinajstić information content (AvgIpc) is 2.44. The Labute approximate surface area is 108 Å². The first kappa shape index (κ1) is 11.5. The number of rotatable bonds is 1. The summed E-state index contributed by atoms with van der Waals surface area (Å²) in [6.07, 6.45) is 0. The van der Waals surface area contributed by atoms with Gasteiger partial charge in [-0.05, 0) is 36.4 Å². The van der Waals surface area contributed by atoms with Gasteiger partial charge in [0.1, 0.15) is 11.5 Å². The largest absolute Gasteiger partial charge is 0.394 e. The van der Waals surface area contributed by atoms with Crippen LogP contribution >= 0.6 is 0 Å². The van der Waals surface area contributed by atoms with Crippen molar-refractivity contribution < 1.29 is 4.39 Å². The molecule has 0 aliphatic rings. The first-order valence-corrected chi connectivity index (χ1v) is 5.83. The van der Waals surface area contributed by atoms with Gasteiger partial charge >= 0.3 is 0 Å². The molecule has 2 aromatic carbocycles. The average molecular weight is 254 g/mol. The van der Waals surface area contributed by atoms with Crippen LogP contribution in [0.4, 0.5) is 10.1 Å². The van der Waals surface area contributed by atoms with Crippen molar-refractivity contribution >= 4 is 16.6 Å². The van der Waals surface area contributed by atoms with Gasteiger partial charge in [0, 0.05) is 16.5 Å². The fourth-order valence-electron chi connectivity index (χ4n) is 2.09. The van der Waals surface area contributed by atoms with Gasteiger partial charge in [-0.3, -0.25) is 4.79 Å². The van der Waals surface area contributed by atoms with Crippen molar-refractivity contribution in [3.05, 3.63) is 64.6 Å². The van der Waals surface area contributed by atoms with Crippen LogP contribution in [0.1, 0.15) is 0 Å². The molecule has 0 aliphatic heterocycles. The Morgan fingerprint density at radius 2 is 1.68 bits per heavy atom. The van der Waals surface area contributed by atoms with E-state index in [0.717, 1.165) is 0 Å². The first-order valence-electron chi connectivity index (χ1n) is 5.83. The molecule has 0 amide bonds. The van der Waals surface area contributed by atoms with Crippen LogP contribution in [0.5, 0.6) is 0 Å². The summed E-state index contributed by atoms with van der Waals surface area (Å²) in [5.41, 5.74) is 7.72. The number of anilines is 1. The second kappa shape index (κ2) is 4.24. The molecule has 3 rings (SSSR count). The summed E-state index contributed by atoms with van der Waals surface area (Å²) >= 11 is 0. The Morgan fingerprint density at radius 1 is 1.00 bits per heavy atom. The zero-order valence-corrected chi connectivity index (χ0v) is 9.98. The zero-order chi connectivity index (χ0) is 13.4. The van der Waals surface area contributed by atoms with Crippen LogP contribution in [0.25, 0.3) is 22.2 Å². The van der Waals surface area contributed by atoms with E-state index >= 15 is 0 Å². The molecule has 1 aromatic heterocycles. The van der Waals surface area contributed by atoms with Crippen molar-refractivity contribution in [3.8, 4) is 11.3 Å². The van der Waals surface area contributed by atoms with Crippen molar-refractivity contribution in [3.63, 3.8) is 0 Å². The lowest BCUT2D eigenvalue weighted by atomic mass is 10.1.